The zero-order valence-corrected chi connectivity index (χ0v) is 14.2. The van der Waals surface area contributed by atoms with Crippen molar-refractivity contribution in [2.75, 3.05) is 6.61 Å². The molecule has 0 unspecified atom stereocenters. The molecule has 0 bridgehead atoms. The third-order valence-electron chi connectivity index (χ3n) is 3.85. The molecular formula is C21H20N2O2. The number of esters is 1. The number of carbonyl (C=O) groups is 1. The predicted octanol–water partition coefficient (Wildman–Crippen LogP) is 4.94. The Morgan fingerprint density at radius 2 is 1.92 bits per heavy atom. The van der Waals surface area contributed by atoms with Crippen LogP contribution in [0.15, 0.2) is 65.8 Å². The van der Waals surface area contributed by atoms with Crippen molar-refractivity contribution >= 4 is 28.8 Å². The number of ether oxygens (including phenoxy) is 1. The highest BCUT2D eigenvalue weighted by molar-refractivity contribution is 5.98. The number of para-hydroxylation sites is 1. The highest BCUT2D eigenvalue weighted by Crippen LogP contribution is 2.17. The lowest BCUT2D eigenvalue weighted by Gasteiger charge is -2.04. The summed E-state index contributed by atoms with van der Waals surface area (Å²) in [5, 5.41) is 1.08. The number of pyridine rings is 1. The Labute approximate surface area is 147 Å². The molecule has 3 rings (SSSR count). The second-order valence-corrected chi connectivity index (χ2v) is 5.72. The summed E-state index contributed by atoms with van der Waals surface area (Å²) in [4.78, 5) is 20.8. The van der Waals surface area contributed by atoms with Gasteiger partial charge in [0.05, 0.1) is 23.4 Å². The maximum absolute atomic E-state index is 11.9. The first-order valence-electron chi connectivity index (χ1n) is 8.43. The summed E-state index contributed by atoms with van der Waals surface area (Å²) in [7, 11) is 0. The molecule has 0 saturated carbocycles. The van der Waals surface area contributed by atoms with Crippen molar-refractivity contribution in [1.29, 1.82) is 0 Å². The molecule has 0 atom stereocenters. The van der Waals surface area contributed by atoms with E-state index in [1.165, 1.54) is 0 Å². The van der Waals surface area contributed by atoms with Gasteiger partial charge in [0.15, 0.2) is 0 Å². The molecule has 0 saturated heterocycles. The summed E-state index contributed by atoms with van der Waals surface area (Å²) in [6, 6.07) is 17.0. The molecule has 1 heterocycles. The Morgan fingerprint density at radius 3 is 2.72 bits per heavy atom. The van der Waals surface area contributed by atoms with Crippen molar-refractivity contribution in [3.63, 3.8) is 0 Å². The predicted molar refractivity (Wildman–Crippen MR) is 101 cm³/mol. The smallest absolute Gasteiger partial charge is 0.338 e. The van der Waals surface area contributed by atoms with Crippen LogP contribution in [0.1, 0.15) is 35.7 Å². The van der Waals surface area contributed by atoms with E-state index < -0.39 is 0 Å². The first-order valence-corrected chi connectivity index (χ1v) is 8.43. The molecule has 0 amide bonds. The Hall–Kier alpha value is -3.01. The zero-order valence-electron chi connectivity index (χ0n) is 14.2. The van der Waals surface area contributed by atoms with Gasteiger partial charge in [-0.05, 0) is 36.8 Å². The van der Waals surface area contributed by atoms with Crippen LogP contribution in [0.3, 0.4) is 0 Å². The fraction of sp³-hybridized carbons (Fsp3) is 0.190. The number of rotatable bonds is 6. The monoisotopic (exact) mass is 332 g/mol. The minimum atomic E-state index is -0.290. The lowest BCUT2D eigenvalue weighted by atomic mass is 10.1. The third kappa shape index (κ3) is 4.29. The van der Waals surface area contributed by atoms with E-state index in [9.17, 15) is 4.79 Å². The van der Waals surface area contributed by atoms with Crippen LogP contribution in [0, 0.1) is 0 Å². The summed E-state index contributed by atoms with van der Waals surface area (Å²) < 4.78 is 5.20. The topological polar surface area (TPSA) is 51.5 Å². The lowest BCUT2D eigenvalue weighted by Crippen LogP contribution is -2.05. The molecule has 0 spiro atoms. The maximum atomic E-state index is 11.9. The van der Waals surface area contributed by atoms with E-state index in [4.69, 9.17) is 4.74 Å². The first kappa shape index (κ1) is 16.8. The van der Waals surface area contributed by atoms with Gasteiger partial charge in [-0.1, -0.05) is 37.6 Å². The minimum absolute atomic E-state index is 0.290. The van der Waals surface area contributed by atoms with Gasteiger partial charge in [-0.2, -0.15) is 0 Å². The largest absolute Gasteiger partial charge is 0.462 e. The average molecular weight is 332 g/mol. The van der Waals surface area contributed by atoms with E-state index in [1.54, 1.807) is 24.5 Å². The number of benzene rings is 2. The number of unbranched alkanes of at least 4 members (excludes halogenated alkanes) is 1. The second kappa shape index (κ2) is 8.20. The van der Waals surface area contributed by atoms with E-state index >= 15 is 0 Å². The fourth-order valence-corrected chi connectivity index (χ4v) is 2.45. The molecular weight excluding hydrogens is 312 g/mol. The molecule has 0 N–H and O–H groups in total. The van der Waals surface area contributed by atoms with Gasteiger partial charge < -0.3 is 4.74 Å². The molecule has 126 valence electrons. The summed E-state index contributed by atoms with van der Waals surface area (Å²) >= 11 is 0. The number of nitrogens with zero attached hydrogens (tertiary/aromatic N) is 2. The molecule has 4 heteroatoms. The van der Waals surface area contributed by atoms with E-state index in [2.05, 4.69) is 16.9 Å². The third-order valence-corrected chi connectivity index (χ3v) is 3.85. The van der Waals surface area contributed by atoms with E-state index in [0.29, 0.717) is 12.2 Å². The molecule has 0 radical (unpaired) electrons. The summed E-state index contributed by atoms with van der Waals surface area (Å²) in [5.41, 5.74) is 3.20. The quantitative estimate of drug-likeness (QED) is 0.365. The van der Waals surface area contributed by atoms with Crippen LogP contribution in [-0.2, 0) is 4.74 Å². The van der Waals surface area contributed by atoms with Gasteiger partial charge in [0.1, 0.15) is 0 Å². The van der Waals surface area contributed by atoms with Gasteiger partial charge in [0.25, 0.3) is 0 Å². The van der Waals surface area contributed by atoms with Crippen molar-refractivity contribution < 1.29 is 9.53 Å². The highest BCUT2D eigenvalue weighted by atomic mass is 16.5. The van der Waals surface area contributed by atoms with Crippen LogP contribution in [0.2, 0.25) is 0 Å². The molecule has 0 aliphatic carbocycles. The van der Waals surface area contributed by atoms with Gasteiger partial charge in [0.2, 0.25) is 0 Å². The average Bonchev–Trinajstić information content (AvgIpc) is 2.67. The summed E-state index contributed by atoms with van der Waals surface area (Å²) in [5.74, 6) is -0.290. The van der Waals surface area contributed by atoms with Gasteiger partial charge in [0, 0.05) is 23.4 Å². The Kier molecular flexibility index (Phi) is 5.52. The maximum Gasteiger partial charge on any atom is 0.338 e. The van der Waals surface area contributed by atoms with Crippen LogP contribution in [0.5, 0.6) is 0 Å². The van der Waals surface area contributed by atoms with Crippen LogP contribution in [-0.4, -0.2) is 23.8 Å². The summed E-state index contributed by atoms with van der Waals surface area (Å²) in [6.45, 7) is 2.52. The second-order valence-electron chi connectivity index (χ2n) is 5.72. The number of aromatic nitrogens is 1. The van der Waals surface area contributed by atoms with Gasteiger partial charge in [-0.15, -0.1) is 0 Å². The Balaban J connectivity index is 1.72. The highest BCUT2D eigenvalue weighted by Gasteiger charge is 2.06. The van der Waals surface area contributed by atoms with Gasteiger partial charge in [-0.25, -0.2) is 4.79 Å². The minimum Gasteiger partial charge on any atom is -0.462 e. The number of aliphatic imine (C=N–C) groups is 1. The Bertz CT molecular complexity index is 881. The molecule has 3 aromatic rings. The van der Waals surface area contributed by atoms with E-state index in [0.717, 1.165) is 35.0 Å². The lowest BCUT2D eigenvalue weighted by molar-refractivity contribution is 0.0500. The molecule has 4 nitrogen and oxygen atoms in total. The molecule has 0 aliphatic rings. The molecule has 0 fully saturated rings. The number of hydrogen-bond donors (Lipinski definition) is 0. The molecule has 0 aliphatic heterocycles. The first-order chi connectivity index (χ1) is 12.3. The normalized spacial score (nSPS) is 11.1. The van der Waals surface area contributed by atoms with Crippen LogP contribution >= 0.6 is 0 Å². The molecule has 1 aromatic heterocycles. The summed E-state index contributed by atoms with van der Waals surface area (Å²) in [6.07, 6.45) is 5.46. The molecule has 2 aromatic carbocycles. The zero-order chi connectivity index (χ0) is 17.5. The SMILES string of the molecule is CCCCOC(=O)c1ccc(N=Cc2cccc3cccnc23)cc1. The van der Waals surface area contributed by atoms with Crippen molar-refractivity contribution in [3.8, 4) is 0 Å². The van der Waals surface area contributed by atoms with Gasteiger partial charge in [-0.3, -0.25) is 9.98 Å². The van der Waals surface area contributed by atoms with Crippen LogP contribution < -0.4 is 0 Å². The van der Waals surface area contributed by atoms with Crippen LogP contribution in [0.4, 0.5) is 5.69 Å². The van der Waals surface area contributed by atoms with Crippen molar-refractivity contribution in [2.24, 2.45) is 4.99 Å². The van der Waals surface area contributed by atoms with Crippen molar-refractivity contribution in [1.82, 2.24) is 4.98 Å². The fourth-order valence-electron chi connectivity index (χ4n) is 2.45. The molecule has 25 heavy (non-hydrogen) atoms. The Morgan fingerprint density at radius 1 is 1.12 bits per heavy atom. The van der Waals surface area contributed by atoms with Crippen molar-refractivity contribution in [2.45, 2.75) is 19.8 Å². The van der Waals surface area contributed by atoms with Crippen LogP contribution in [0.25, 0.3) is 10.9 Å². The number of hydrogen-bond acceptors (Lipinski definition) is 4. The standard InChI is InChI=1S/C21H20N2O2/c1-2-3-14-25-21(24)17-9-11-19(12-10-17)23-15-18-7-4-6-16-8-5-13-22-20(16)18/h4-13,15H,2-3,14H2,1H3. The number of fused-ring (bicyclic) bond motifs is 1. The van der Waals surface area contributed by atoms with E-state index in [-0.39, 0.29) is 5.97 Å². The van der Waals surface area contributed by atoms with Gasteiger partial charge >= 0.3 is 5.97 Å². The number of carbonyl (C=O) groups excluding carboxylic acids is 1. The van der Waals surface area contributed by atoms with E-state index in [1.807, 2.05) is 42.5 Å². The van der Waals surface area contributed by atoms with Crippen molar-refractivity contribution in [3.05, 3.63) is 71.9 Å².